The van der Waals surface area contributed by atoms with Crippen molar-refractivity contribution < 1.29 is 0 Å². The maximum atomic E-state index is 3.90. The highest BCUT2D eigenvalue weighted by molar-refractivity contribution is 4.92. The van der Waals surface area contributed by atoms with Crippen LogP contribution in [0.3, 0.4) is 0 Å². The third-order valence-corrected chi connectivity index (χ3v) is 4.91. The molecule has 0 aromatic rings. The van der Waals surface area contributed by atoms with Gasteiger partial charge in [0.2, 0.25) is 0 Å². The summed E-state index contributed by atoms with van der Waals surface area (Å²) in [6.45, 7) is 20.4. The molecule has 19 heavy (non-hydrogen) atoms. The molecule has 0 aromatic heterocycles. The van der Waals surface area contributed by atoms with Gasteiger partial charge in [-0.25, -0.2) is 0 Å². The van der Waals surface area contributed by atoms with Crippen LogP contribution < -0.4 is 5.32 Å². The molecule has 114 valence electrons. The summed E-state index contributed by atoms with van der Waals surface area (Å²) in [5.74, 6) is 2.35. The molecule has 1 rings (SSSR count). The molecule has 0 atom stereocenters. The van der Waals surface area contributed by atoms with Crippen LogP contribution in [0.4, 0.5) is 0 Å². The molecular weight excluding hydrogens is 230 g/mol. The van der Waals surface area contributed by atoms with E-state index in [9.17, 15) is 0 Å². The van der Waals surface area contributed by atoms with Gasteiger partial charge in [-0.2, -0.15) is 0 Å². The Balaban J connectivity index is 2.57. The van der Waals surface area contributed by atoms with Crippen LogP contribution in [0, 0.1) is 28.6 Å². The molecule has 1 heteroatoms. The van der Waals surface area contributed by atoms with Gasteiger partial charge in [-0.05, 0) is 54.4 Å². The summed E-state index contributed by atoms with van der Waals surface area (Å²) in [5, 5.41) is 3.90. The highest BCUT2D eigenvalue weighted by Gasteiger charge is 2.38. The molecule has 0 bridgehead atoms. The summed E-state index contributed by atoms with van der Waals surface area (Å²) < 4.78 is 0. The predicted octanol–water partition coefficient (Wildman–Crippen LogP) is 5.11. The molecule has 0 spiro atoms. The minimum atomic E-state index is 0.491. The molecule has 1 N–H and O–H groups in total. The van der Waals surface area contributed by atoms with Crippen LogP contribution in [-0.4, -0.2) is 12.6 Å². The van der Waals surface area contributed by atoms with E-state index in [1.54, 1.807) is 0 Å². The summed E-state index contributed by atoms with van der Waals surface area (Å²) in [5.41, 5.74) is 0.981. The Morgan fingerprint density at radius 2 is 1.32 bits per heavy atom. The van der Waals surface area contributed by atoms with Gasteiger partial charge in [-0.1, -0.05) is 55.4 Å². The molecule has 1 aliphatic carbocycles. The van der Waals surface area contributed by atoms with Crippen LogP contribution in [0.25, 0.3) is 0 Å². The Morgan fingerprint density at radius 3 is 1.68 bits per heavy atom. The van der Waals surface area contributed by atoms with E-state index in [4.69, 9.17) is 0 Å². The lowest BCUT2D eigenvalue weighted by Gasteiger charge is -2.45. The minimum absolute atomic E-state index is 0.491. The molecule has 0 amide bonds. The van der Waals surface area contributed by atoms with E-state index in [0.29, 0.717) is 16.9 Å². The minimum Gasteiger partial charge on any atom is -0.314 e. The average molecular weight is 268 g/mol. The highest BCUT2D eigenvalue weighted by Crippen LogP contribution is 2.45. The van der Waals surface area contributed by atoms with Gasteiger partial charge < -0.3 is 5.32 Å². The zero-order chi connectivity index (χ0) is 14.8. The summed E-state index contributed by atoms with van der Waals surface area (Å²) >= 11 is 0. The fraction of sp³-hybridized carbons (Fsp3) is 1.00. The summed E-state index contributed by atoms with van der Waals surface area (Å²) in [6, 6.07) is 0.707. The molecule has 0 unspecified atom stereocenters. The first-order valence-electron chi connectivity index (χ1n) is 8.26. The van der Waals surface area contributed by atoms with Crippen LogP contribution >= 0.6 is 0 Å². The van der Waals surface area contributed by atoms with Gasteiger partial charge in [0.05, 0.1) is 0 Å². The largest absolute Gasteiger partial charge is 0.314 e. The maximum Gasteiger partial charge on any atom is 0.00773 e. The molecule has 0 radical (unpaired) electrons. The van der Waals surface area contributed by atoms with E-state index in [1.807, 2.05) is 0 Å². The van der Waals surface area contributed by atoms with Crippen molar-refractivity contribution in [1.82, 2.24) is 5.32 Å². The number of nitrogens with one attached hydrogen (secondary N) is 1. The fourth-order valence-corrected chi connectivity index (χ4v) is 4.53. The lowest BCUT2D eigenvalue weighted by Crippen LogP contribution is -2.46. The summed E-state index contributed by atoms with van der Waals surface area (Å²) in [4.78, 5) is 0. The van der Waals surface area contributed by atoms with Crippen LogP contribution in [0.2, 0.25) is 0 Å². The van der Waals surface area contributed by atoms with Crippen molar-refractivity contribution in [3.8, 4) is 0 Å². The molecule has 0 heterocycles. The van der Waals surface area contributed by atoms with E-state index >= 15 is 0 Å². The topological polar surface area (TPSA) is 12.0 Å². The normalized spacial score (nSPS) is 23.5. The third-order valence-electron chi connectivity index (χ3n) is 4.91. The van der Waals surface area contributed by atoms with E-state index in [1.165, 1.54) is 25.8 Å². The van der Waals surface area contributed by atoms with E-state index < -0.39 is 0 Å². The van der Waals surface area contributed by atoms with Gasteiger partial charge in [0.15, 0.2) is 0 Å². The highest BCUT2D eigenvalue weighted by atomic mass is 14.9. The van der Waals surface area contributed by atoms with E-state index in [2.05, 4.69) is 60.7 Å². The van der Waals surface area contributed by atoms with E-state index in [-0.39, 0.29) is 0 Å². The number of hydrogen-bond acceptors (Lipinski definition) is 1. The lowest BCUT2D eigenvalue weighted by atomic mass is 9.63. The molecule has 0 aliphatic heterocycles. The average Bonchev–Trinajstić information content (AvgIpc) is 2.10. The second-order valence-electron chi connectivity index (χ2n) is 9.17. The monoisotopic (exact) mass is 267 g/mol. The van der Waals surface area contributed by atoms with Crippen LogP contribution in [-0.2, 0) is 0 Å². The van der Waals surface area contributed by atoms with Crippen molar-refractivity contribution in [2.24, 2.45) is 28.6 Å². The number of hydrogen-bond donors (Lipinski definition) is 1. The number of rotatable bonds is 5. The van der Waals surface area contributed by atoms with Crippen LogP contribution in [0.5, 0.6) is 0 Å². The quantitative estimate of drug-likeness (QED) is 0.730. The third kappa shape index (κ3) is 5.45. The van der Waals surface area contributed by atoms with Crippen molar-refractivity contribution >= 4 is 0 Å². The first-order chi connectivity index (χ1) is 8.52. The zero-order valence-corrected chi connectivity index (χ0v) is 14.6. The van der Waals surface area contributed by atoms with Gasteiger partial charge >= 0.3 is 0 Å². The van der Waals surface area contributed by atoms with Gasteiger partial charge in [-0.3, -0.25) is 0 Å². The Hall–Kier alpha value is -0.0400. The summed E-state index contributed by atoms with van der Waals surface area (Å²) in [6.07, 6.45) is 4.02. The van der Waals surface area contributed by atoms with Crippen molar-refractivity contribution in [1.29, 1.82) is 0 Å². The second-order valence-corrected chi connectivity index (χ2v) is 9.17. The van der Waals surface area contributed by atoms with Gasteiger partial charge in [0, 0.05) is 6.04 Å². The lowest BCUT2D eigenvalue weighted by molar-refractivity contribution is 0.0806. The van der Waals surface area contributed by atoms with Crippen LogP contribution in [0.15, 0.2) is 0 Å². The first kappa shape index (κ1) is 17.0. The predicted molar refractivity (Wildman–Crippen MR) is 86.4 cm³/mol. The van der Waals surface area contributed by atoms with Crippen molar-refractivity contribution in [3.63, 3.8) is 0 Å². The van der Waals surface area contributed by atoms with Gasteiger partial charge in [0.1, 0.15) is 0 Å². The SMILES string of the molecule is CC(C)C(CNC1CC(C)(C)CC(C)(C)C1)C(C)C. The molecule has 0 aromatic carbocycles. The Kier molecular flexibility index (Phi) is 5.52. The smallest absolute Gasteiger partial charge is 0.00773 e. The van der Waals surface area contributed by atoms with Gasteiger partial charge in [-0.15, -0.1) is 0 Å². The van der Waals surface area contributed by atoms with E-state index in [0.717, 1.165) is 17.8 Å². The Bertz CT molecular complexity index is 251. The standard InChI is InChI=1S/C18H37N/c1-13(2)16(14(3)4)11-19-15-9-17(5,6)12-18(7,8)10-15/h13-16,19H,9-12H2,1-8H3. The van der Waals surface area contributed by atoms with Crippen molar-refractivity contribution in [3.05, 3.63) is 0 Å². The molecule has 1 aliphatic rings. The fourth-order valence-electron chi connectivity index (χ4n) is 4.53. The Morgan fingerprint density at radius 1 is 0.895 bits per heavy atom. The van der Waals surface area contributed by atoms with Crippen molar-refractivity contribution in [2.75, 3.05) is 6.54 Å². The van der Waals surface area contributed by atoms with Gasteiger partial charge in [0.25, 0.3) is 0 Å². The first-order valence-corrected chi connectivity index (χ1v) is 8.26. The molecular formula is C18H37N. The maximum absolute atomic E-state index is 3.90. The zero-order valence-electron chi connectivity index (χ0n) is 14.6. The van der Waals surface area contributed by atoms with Crippen LogP contribution in [0.1, 0.15) is 74.7 Å². The molecule has 1 saturated carbocycles. The second kappa shape index (κ2) is 6.16. The summed E-state index contributed by atoms with van der Waals surface area (Å²) in [7, 11) is 0. The molecule has 0 saturated heterocycles. The Labute approximate surface area is 121 Å². The molecule has 1 fully saturated rings. The van der Waals surface area contributed by atoms with Crippen molar-refractivity contribution in [2.45, 2.75) is 80.7 Å². The molecule has 1 nitrogen and oxygen atoms in total.